The van der Waals surface area contributed by atoms with Crippen LogP contribution in [0.4, 0.5) is 13.2 Å². The zero-order valence-corrected chi connectivity index (χ0v) is 9.14. The number of rotatable bonds is 4. The topological polar surface area (TPSA) is 21.3 Å². The van der Waals surface area contributed by atoms with Crippen molar-refractivity contribution in [3.63, 3.8) is 0 Å². The molecule has 0 aromatic heterocycles. The minimum absolute atomic E-state index is 0.140. The molecule has 0 aliphatic rings. The summed E-state index contributed by atoms with van der Waals surface area (Å²) in [4.78, 5) is 0. The van der Waals surface area contributed by atoms with Crippen LogP contribution in [0.15, 0.2) is 24.3 Å². The second kappa shape index (κ2) is 5.21. The van der Waals surface area contributed by atoms with E-state index in [2.05, 4.69) is 10.1 Å². The lowest BCUT2D eigenvalue weighted by molar-refractivity contribution is -0.275. The van der Waals surface area contributed by atoms with Crippen LogP contribution in [0.1, 0.15) is 24.9 Å². The molecule has 1 atom stereocenters. The van der Waals surface area contributed by atoms with Gasteiger partial charge in [-0.05, 0) is 19.5 Å². The molecule has 0 aliphatic heterocycles. The molecule has 1 aromatic carbocycles. The molecule has 1 N–H and O–H groups in total. The first-order chi connectivity index (χ1) is 7.48. The first-order valence-electron chi connectivity index (χ1n) is 5.00. The van der Waals surface area contributed by atoms with E-state index < -0.39 is 6.36 Å². The Balaban J connectivity index is 3.00. The number of hydrogen-bond acceptors (Lipinski definition) is 2. The van der Waals surface area contributed by atoms with Gasteiger partial charge in [0.1, 0.15) is 5.75 Å². The Kier molecular flexibility index (Phi) is 4.18. The van der Waals surface area contributed by atoms with E-state index in [9.17, 15) is 13.2 Å². The lowest BCUT2D eigenvalue weighted by atomic mass is 10.0. The average molecular weight is 233 g/mol. The Morgan fingerprint density at radius 2 is 1.94 bits per heavy atom. The summed E-state index contributed by atoms with van der Waals surface area (Å²) in [5, 5.41) is 2.95. The van der Waals surface area contributed by atoms with E-state index in [1.54, 1.807) is 19.2 Å². The molecular weight excluding hydrogens is 219 g/mol. The summed E-state index contributed by atoms with van der Waals surface area (Å²) in [5.41, 5.74) is 0.518. The molecule has 0 saturated heterocycles. The van der Waals surface area contributed by atoms with Crippen LogP contribution in [-0.2, 0) is 0 Å². The van der Waals surface area contributed by atoms with Gasteiger partial charge in [-0.15, -0.1) is 13.2 Å². The van der Waals surface area contributed by atoms with E-state index in [0.717, 1.165) is 0 Å². The molecule has 1 unspecified atom stereocenters. The van der Waals surface area contributed by atoms with Crippen molar-refractivity contribution in [2.75, 3.05) is 7.05 Å². The fourth-order valence-corrected chi connectivity index (χ4v) is 1.57. The SMILES string of the molecule is CCC(NC)c1ccccc1OC(F)(F)F. The van der Waals surface area contributed by atoms with Gasteiger partial charge in [-0.3, -0.25) is 0 Å². The highest BCUT2D eigenvalue weighted by Gasteiger charge is 2.32. The molecule has 0 saturated carbocycles. The summed E-state index contributed by atoms with van der Waals surface area (Å²) in [6.07, 6.45) is -3.96. The average Bonchev–Trinajstić information content (AvgIpc) is 2.20. The number of para-hydroxylation sites is 1. The number of nitrogens with one attached hydrogen (secondary N) is 1. The fourth-order valence-electron chi connectivity index (χ4n) is 1.57. The van der Waals surface area contributed by atoms with Crippen molar-refractivity contribution in [2.45, 2.75) is 25.7 Å². The predicted octanol–water partition coefficient (Wildman–Crippen LogP) is 3.26. The van der Waals surface area contributed by atoms with Gasteiger partial charge in [0.2, 0.25) is 0 Å². The Labute approximate surface area is 92.4 Å². The van der Waals surface area contributed by atoms with E-state index in [0.29, 0.717) is 12.0 Å². The first kappa shape index (κ1) is 12.8. The van der Waals surface area contributed by atoms with Crippen LogP contribution >= 0.6 is 0 Å². The Hall–Kier alpha value is -1.23. The van der Waals surface area contributed by atoms with Gasteiger partial charge >= 0.3 is 6.36 Å². The van der Waals surface area contributed by atoms with Crippen molar-refractivity contribution in [1.29, 1.82) is 0 Å². The summed E-state index contributed by atoms with van der Waals surface area (Å²) in [6, 6.07) is 6.03. The van der Waals surface area contributed by atoms with E-state index >= 15 is 0 Å². The number of halogens is 3. The van der Waals surface area contributed by atoms with E-state index in [1.165, 1.54) is 12.1 Å². The minimum Gasteiger partial charge on any atom is -0.405 e. The maximum atomic E-state index is 12.2. The van der Waals surface area contributed by atoms with Crippen molar-refractivity contribution >= 4 is 0 Å². The maximum absolute atomic E-state index is 12.2. The van der Waals surface area contributed by atoms with Gasteiger partial charge in [-0.1, -0.05) is 25.1 Å². The molecule has 0 amide bonds. The van der Waals surface area contributed by atoms with Gasteiger partial charge < -0.3 is 10.1 Å². The van der Waals surface area contributed by atoms with Gasteiger partial charge in [-0.25, -0.2) is 0 Å². The number of alkyl halides is 3. The molecule has 0 heterocycles. The van der Waals surface area contributed by atoms with Crippen LogP contribution in [0.3, 0.4) is 0 Å². The standard InChI is InChI=1S/C11H14F3NO/c1-3-9(15-2)8-6-4-5-7-10(8)16-11(12,13)14/h4-7,9,15H,3H2,1-2H3. The second-order valence-electron chi connectivity index (χ2n) is 3.34. The Morgan fingerprint density at radius 3 is 2.44 bits per heavy atom. The van der Waals surface area contributed by atoms with Crippen LogP contribution in [-0.4, -0.2) is 13.4 Å². The number of ether oxygens (including phenoxy) is 1. The van der Waals surface area contributed by atoms with Crippen molar-refractivity contribution in [1.82, 2.24) is 5.32 Å². The molecule has 2 nitrogen and oxygen atoms in total. The number of benzene rings is 1. The van der Waals surface area contributed by atoms with Crippen LogP contribution in [0.5, 0.6) is 5.75 Å². The zero-order chi connectivity index (χ0) is 12.2. The van der Waals surface area contributed by atoms with Gasteiger partial charge in [0.25, 0.3) is 0 Å². The first-order valence-corrected chi connectivity index (χ1v) is 5.00. The highest BCUT2D eigenvalue weighted by atomic mass is 19.4. The van der Waals surface area contributed by atoms with E-state index in [1.807, 2.05) is 6.92 Å². The largest absolute Gasteiger partial charge is 0.573 e. The summed E-state index contributed by atoms with van der Waals surface area (Å²) in [5.74, 6) is -0.142. The third kappa shape index (κ3) is 3.41. The van der Waals surface area contributed by atoms with Crippen molar-refractivity contribution in [2.24, 2.45) is 0 Å². The van der Waals surface area contributed by atoms with E-state index in [4.69, 9.17) is 0 Å². The molecule has 5 heteroatoms. The van der Waals surface area contributed by atoms with Gasteiger partial charge in [-0.2, -0.15) is 0 Å². The molecular formula is C11H14F3NO. The zero-order valence-electron chi connectivity index (χ0n) is 9.14. The Morgan fingerprint density at radius 1 is 1.31 bits per heavy atom. The van der Waals surface area contributed by atoms with Crippen molar-refractivity contribution < 1.29 is 17.9 Å². The normalized spacial score (nSPS) is 13.6. The van der Waals surface area contributed by atoms with Crippen molar-refractivity contribution in [3.8, 4) is 5.75 Å². The van der Waals surface area contributed by atoms with Crippen LogP contribution in [0.25, 0.3) is 0 Å². The van der Waals surface area contributed by atoms with Gasteiger partial charge in [0, 0.05) is 11.6 Å². The fraction of sp³-hybridized carbons (Fsp3) is 0.455. The minimum atomic E-state index is -4.65. The molecule has 0 radical (unpaired) electrons. The third-order valence-electron chi connectivity index (χ3n) is 2.28. The molecule has 90 valence electrons. The lowest BCUT2D eigenvalue weighted by Gasteiger charge is -2.19. The molecule has 1 rings (SSSR count). The third-order valence-corrected chi connectivity index (χ3v) is 2.28. The molecule has 0 aliphatic carbocycles. The summed E-state index contributed by atoms with van der Waals surface area (Å²) in [6.45, 7) is 1.89. The summed E-state index contributed by atoms with van der Waals surface area (Å²) >= 11 is 0. The lowest BCUT2D eigenvalue weighted by Crippen LogP contribution is -2.21. The smallest absolute Gasteiger partial charge is 0.405 e. The predicted molar refractivity (Wildman–Crippen MR) is 55.2 cm³/mol. The second-order valence-corrected chi connectivity index (χ2v) is 3.34. The molecule has 0 spiro atoms. The number of hydrogen-bond donors (Lipinski definition) is 1. The van der Waals surface area contributed by atoms with E-state index in [-0.39, 0.29) is 11.8 Å². The monoisotopic (exact) mass is 233 g/mol. The highest BCUT2D eigenvalue weighted by Crippen LogP contribution is 2.31. The quantitative estimate of drug-likeness (QED) is 0.861. The van der Waals surface area contributed by atoms with Gasteiger partial charge in [0.15, 0.2) is 0 Å². The molecule has 0 fully saturated rings. The van der Waals surface area contributed by atoms with Crippen LogP contribution in [0.2, 0.25) is 0 Å². The Bertz CT molecular complexity index is 334. The van der Waals surface area contributed by atoms with Crippen molar-refractivity contribution in [3.05, 3.63) is 29.8 Å². The molecule has 0 bridgehead atoms. The molecule has 1 aromatic rings. The van der Waals surface area contributed by atoms with Crippen LogP contribution < -0.4 is 10.1 Å². The highest BCUT2D eigenvalue weighted by molar-refractivity contribution is 5.36. The summed E-state index contributed by atoms with van der Waals surface area (Å²) in [7, 11) is 1.71. The summed E-state index contributed by atoms with van der Waals surface area (Å²) < 4.78 is 40.4. The van der Waals surface area contributed by atoms with Gasteiger partial charge in [0.05, 0.1) is 0 Å². The van der Waals surface area contributed by atoms with Crippen LogP contribution in [0, 0.1) is 0 Å². The molecule has 16 heavy (non-hydrogen) atoms. The maximum Gasteiger partial charge on any atom is 0.573 e.